The van der Waals surface area contributed by atoms with Gasteiger partial charge in [-0.25, -0.2) is 0 Å². The van der Waals surface area contributed by atoms with Crippen LogP contribution in [0.4, 0.5) is 11.4 Å². The van der Waals surface area contributed by atoms with Gasteiger partial charge in [-0.15, -0.1) is 0 Å². The lowest BCUT2D eigenvalue weighted by molar-refractivity contribution is -0.401. The minimum atomic E-state index is 0.107. The molecule has 0 saturated heterocycles. The Kier molecular flexibility index (Phi) is 8.29. The molecular weight excluding hydrogens is 629 g/mol. The highest BCUT2D eigenvalue weighted by atomic mass is 15.2. The first-order valence-corrected chi connectivity index (χ1v) is 20.2. The summed E-state index contributed by atoms with van der Waals surface area (Å²) in [6, 6.07) is 27.4. The summed E-state index contributed by atoms with van der Waals surface area (Å²) in [7, 11) is 4.59. The third-order valence-electron chi connectivity index (χ3n) is 13.5. The molecule has 52 heavy (non-hydrogen) atoms. The average molecular weight is 684 g/mol. The first-order chi connectivity index (χ1) is 25.3. The highest BCUT2D eigenvalue weighted by molar-refractivity contribution is 6.08. The summed E-state index contributed by atoms with van der Waals surface area (Å²) in [6.07, 6.45) is 32.0. The van der Waals surface area contributed by atoms with Crippen LogP contribution in [0, 0.1) is 5.41 Å². The van der Waals surface area contributed by atoms with E-state index in [1.807, 2.05) is 0 Å². The molecule has 9 rings (SSSR count). The van der Waals surface area contributed by atoms with E-state index in [1.54, 1.807) is 11.1 Å². The number of rotatable bonds is 4. The molecule has 2 heteroatoms. The summed E-state index contributed by atoms with van der Waals surface area (Å²) in [5.41, 5.74) is 12.2. The number of benzene rings is 4. The number of hydrogen-bond acceptors (Lipinski definition) is 1. The van der Waals surface area contributed by atoms with E-state index in [9.17, 15) is 0 Å². The summed E-state index contributed by atoms with van der Waals surface area (Å²) >= 11 is 0. The van der Waals surface area contributed by atoms with Crippen molar-refractivity contribution in [3.8, 4) is 0 Å². The zero-order chi connectivity index (χ0) is 35.5. The van der Waals surface area contributed by atoms with Crippen molar-refractivity contribution in [1.82, 2.24) is 0 Å². The van der Waals surface area contributed by atoms with Gasteiger partial charge in [0, 0.05) is 41.6 Å². The maximum absolute atomic E-state index is 2.50. The van der Waals surface area contributed by atoms with Crippen LogP contribution in [0.15, 0.2) is 132 Å². The number of fused-ring (bicyclic) bond motifs is 8. The fourth-order valence-electron chi connectivity index (χ4n) is 11.4. The molecule has 0 N–H and O–H groups in total. The van der Waals surface area contributed by atoms with Crippen molar-refractivity contribution in [2.45, 2.75) is 102 Å². The Morgan fingerprint density at radius 3 is 1.96 bits per heavy atom. The molecule has 2 aliphatic heterocycles. The molecule has 2 saturated carbocycles. The molecule has 0 amide bonds. The van der Waals surface area contributed by atoms with Gasteiger partial charge in [-0.05, 0) is 100 Å². The molecule has 0 aromatic heterocycles. The minimum Gasteiger partial charge on any atom is -0.347 e. The van der Waals surface area contributed by atoms with E-state index in [1.165, 1.54) is 120 Å². The number of hydrogen-bond donors (Lipinski definition) is 0. The van der Waals surface area contributed by atoms with E-state index in [-0.39, 0.29) is 16.2 Å². The van der Waals surface area contributed by atoms with Gasteiger partial charge in [-0.3, -0.25) is 0 Å². The van der Waals surface area contributed by atoms with Crippen LogP contribution in [-0.2, 0) is 10.8 Å². The Morgan fingerprint density at radius 1 is 0.635 bits per heavy atom. The highest BCUT2D eigenvalue weighted by Crippen LogP contribution is 2.57. The molecule has 0 atom stereocenters. The lowest BCUT2D eigenvalue weighted by Crippen LogP contribution is -2.36. The quantitative estimate of drug-likeness (QED) is 0.194. The van der Waals surface area contributed by atoms with Crippen LogP contribution in [0.1, 0.15) is 102 Å². The van der Waals surface area contributed by atoms with Crippen LogP contribution in [0.2, 0.25) is 0 Å². The van der Waals surface area contributed by atoms with Crippen molar-refractivity contribution >= 4 is 38.6 Å². The van der Waals surface area contributed by atoms with Gasteiger partial charge in [0.2, 0.25) is 5.69 Å². The smallest absolute Gasteiger partial charge is 0.210 e. The van der Waals surface area contributed by atoms with E-state index >= 15 is 0 Å². The van der Waals surface area contributed by atoms with E-state index < -0.39 is 0 Å². The van der Waals surface area contributed by atoms with Gasteiger partial charge in [0.05, 0.1) is 5.41 Å². The minimum absolute atomic E-state index is 0.107. The summed E-state index contributed by atoms with van der Waals surface area (Å²) in [5, 5.41) is 5.61. The molecule has 3 aliphatic carbocycles. The molecule has 4 aromatic rings. The maximum Gasteiger partial charge on any atom is 0.210 e. The van der Waals surface area contributed by atoms with Crippen LogP contribution >= 0.6 is 0 Å². The lowest BCUT2D eigenvalue weighted by Gasteiger charge is -2.37. The number of nitrogens with zero attached hydrogens (tertiary/aromatic N) is 2. The third-order valence-corrected chi connectivity index (χ3v) is 13.5. The number of allylic oxidation sites excluding steroid dienone is 10. The van der Waals surface area contributed by atoms with Gasteiger partial charge in [0.1, 0.15) is 7.05 Å². The fraction of sp³-hybridized carbons (Fsp3) is 0.380. The van der Waals surface area contributed by atoms with Gasteiger partial charge in [0.15, 0.2) is 5.71 Å². The number of anilines is 1. The van der Waals surface area contributed by atoms with Crippen LogP contribution in [0.3, 0.4) is 0 Å². The molecule has 264 valence electrons. The Balaban J connectivity index is 1.03. The molecule has 2 fully saturated rings. The molecule has 4 aromatic carbocycles. The zero-order valence-corrected chi connectivity index (χ0v) is 31.8. The molecule has 2 heterocycles. The van der Waals surface area contributed by atoms with E-state index in [4.69, 9.17) is 0 Å². The van der Waals surface area contributed by atoms with Crippen molar-refractivity contribution in [3.05, 3.63) is 143 Å². The Labute approximate surface area is 311 Å². The van der Waals surface area contributed by atoms with E-state index in [0.29, 0.717) is 0 Å². The molecule has 5 aliphatic rings. The Bertz CT molecular complexity index is 2250. The Hall–Kier alpha value is -4.43. The van der Waals surface area contributed by atoms with Gasteiger partial charge >= 0.3 is 0 Å². The highest BCUT2D eigenvalue weighted by Gasteiger charge is 2.51. The van der Waals surface area contributed by atoms with Gasteiger partial charge < -0.3 is 4.90 Å². The monoisotopic (exact) mass is 683 g/mol. The molecule has 2 nitrogen and oxygen atoms in total. The van der Waals surface area contributed by atoms with E-state index in [0.717, 1.165) is 12.8 Å². The second kappa shape index (κ2) is 12.9. The summed E-state index contributed by atoms with van der Waals surface area (Å²) < 4.78 is 2.50. The van der Waals surface area contributed by atoms with Gasteiger partial charge in [-0.1, -0.05) is 137 Å². The molecule has 0 unspecified atom stereocenters. The Morgan fingerprint density at radius 2 is 1.25 bits per heavy atom. The van der Waals surface area contributed by atoms with Crippen molar-refractivity contribution in [2.24, 2.45) is 5.41 Å². The largest absolute Gasteiger partial charge is 0.347 e. The fourth-order valence-corrected chi connectivity index (χ4v) is 11.4. The van der Waals surface area contributed by atoms with Crippen LogP contribution < -0.4 is 4.90 Å². The summed E-state index contributed by atoms with van der Waals surface area (Å²) in [5.74, 6) is 0. The summed E-state index contributed by atoms with van der Waals surface area (Å²) in [6.45, 7) is 4.87. The predicted octanol–water partition coefficient (Wildman–Crippen LogP) is 12.9. The molecule has 0 radical (unpaired) electrons. The van der Waals surface area contributed by atoms with Crippen LogP contribution in [0.5, 0.6) is 0 Å². The average Bonchev–Trinajstić information content (AvgIpc) is 3.52. The first kappa shape index (κ1) is 33.4. The van der Waals surface area contributed by atoms with Crippen molar-refractivity contribution in [3.63, 3.8) is 0 Å². The molecule has 0 bridgehead atoms. The van der Waals surface area contributed by atoms with Crippen molar-refractivity contribution in [2.75, 3.05) is 19.0 Å². The first-order valence-electron chi connectivity index (χ1n) is 20.2. The third kappa shape index (κ3) is 5.39. The summed E-state index contributed by atoms with van der Waals surface area (Å²) in [4.78, 5) is 2.50. The van der Waals surface area contributed by atoms with Gasteiger partial charge in [-0.2, -0.15) is 4.58 Å². The molecule has 2 spiro atoms. The normalized spacial score (nSPS) is 23.6. The predicted molar refractivity (Wildman–Crippen MR) is 222 cm³/mol. The van der Waals surface area contributed by atoms with Gasteiger partial charge in [0.25, 0.3) is 0 Å². The van der Waals surface area contributed by atoms with Crippen molar-refractivity contribution in [1.29, 1.82) is 0 Å². The number of likely N-dealkylation sites (N-methyl/N-ethyl adjacent to an activating group) is 1. The second-order valence-corrected chi connectivity index (χ2v) is 17.4. The van der Waals surface area contributed by atoms with Crippen LogP contribution in [0.25, 0.3) is 21.5 Å². The second-order valence-electron chi connectivity index (χ2n) is 17.4. The molecular formula is C50H55N2+. The topological polar surface area (TPSA) is 6.25 Å². The van der Waals surface area contributed by atoms with Crippen molar-refractivity contribution < 1.29 is 4.58 Å². The van der Waals surface area contributed by atoms with E-state index in [2.05, 4.69) is 153 Å². The lowest BCUT2D eigenvalue weighted by atomic mass is 9.66. The standard InChI is InChI=1S/C50H55N2/c1-48(2)34-36(17-15-23-44-49(29-11-5-12-30-49)46-40-21-9-7-19-38(40)25-27-42(46)51(44)3)33-37(35-48)18-16-24-45-50(31-13-6-14-32-50)47-41-22-10-8-20-39(41)26-28-43(47)52(45)4/h7-10,15-28,33H,5-6,11-14,29-32,34-35H2,1-4H3/q+1. The SMILES string of the molecule is CN1/C(=C/C=C/C2=CC(=C/C=C/C3=[N+](C)c4ccc5ccccc5c4C34CCCCC4)/CC(C)(C)C2)C2(CCCCC2)c2c1ccc1ccccc21. The maximum atomic E-state index is 2.50. The zero-order valence-electron chi connectivity index (χ0n) is 31.8. The van der Waals surface area contributed by atoms with Crippen LogP contribution in [-0.4, -0.2) is 24.4 Å².